The first-order valence-corrected chi connectivity index (χ1v) is 9.71. The molecule has 31 heavy (non-hydrogen) atoms. The first-order valence-electron chi connectivity index (χ1n) is 9.71. The number of nitrogens with one attached hydrogen (secondary N) is 2. The van der Waals surface area contributed by atoms with Gasteiger partial charge in [-0.3, -0.25) is 20.4 Å². The number of hydrazine groups is 1. The van der Waals surface area contributed by atoms with Gasteiger partial charge in [-0.1, -0.05) is 18.2 Å². The Morgan fingerprint density at radius 3 is 2.48 bits per heavy atom. The minimum Gasteiger partial charge on any atom is -0.451 e. The van der Waals surface area contributed by atoms with Crippen LogP contribution in [-0.2, 0) is 22.4 Å². The van der Waals surface area contributed by atoms with E-state index in [1.807, 2.05) is 0 Å². The number of carbonyl (C=O) groups excluding carboxylic acids is 3. The minimum absolute atomic E-state index is 0.137. The molecule has 8 nitrogen and oxygen atoms in total. The maximum atomic E-state index is 13.2. The lowest BCUT2D eigenvalue weighted by Crippen LogP contribution is -2.43. The molecule has 2 N–H and O–H groups in total. The standard InChI is InChI=1S/C22H19FN4O4/c23-15-9-11-16(12-10-15)27-18-8-4-7-17(18)20(26-27)22(30)31-13-19(28)24-25-21(29)14-5-2-1-3-6-14/h1-3,5-6,9-12H,4,7-8,13H2,(H,24,28)(H,25,29). The van der Waals surface area contributed by atoms with Crippen molar-refractivity contribution in [1.29, 1.82) is 0 Å². The molecule has 0 fully saturated rings. The van der Waals surface area contributed by atoms with E-state index in [1.165, 1.54) is 12.1 Å². The van der Waals surface area contributed by atoms with Crippen LogP contribution < -0.4 is 10.9 Å². The molecule has 158 valence electrons. The number of halogens is 1. The zero-order valence-electron chi connectivity index (χ0n) is 16.4. The predicted molar refractivity (Wildman–Crippen MR) is 108 cm³/mol. The smallest absolute Gasteiger partial charge is 0.359 e. The van der Waals surface area contributed by atoms with Crippen molar-refractivity contribution < 1.29 is 23.5 Å². The van der Waals surface area contributed by atoms with Gasteiger partial charge < -0.3 is 4.74 Å². The molecule has 0 unspecified atom stereocenters. The topological polar surface area (TPSA) is 102 Å². The molecule has 1 aromatic heterocycles. The molecule has 0 saturated heterocycles. The van der Waals surface area contributed by atoms with Crippen molar-refractivity contribution in [3.05, 3.63) is 82.9 Å². The number of amides is 2. The highest BCUT2D eigenvalue weighted by molar-refractivity contribution is 5.96. The van der Waals surface area contributed by atoms with Gasteiger partial charge in [-0.2, -0.15) is 5.10 Å². The number of ether oxygens (including phenoxy) is 1. The second-order valence-corrected chi connectivity index (χ2v) is 6.96. The average Bonchev–Trinajstić information content (AvgIpc) is 3.40. The van der Waals surface area contributed by atoms with Crippen LogP contribution in [0.2, 0.25) is 0 Å². The van der Waals surface area contributed by atoms with Crippen LogP contribution in [0.25, 0.3) is 5.69 Å². The number of nitrogens with zero attached hydrogens (tertiary/aromatic N) is 2. The molecule has 2 aromatic carbocycles. The third-order valence-electron chi connectivity index (χ3n) is 4.88. The van der Waals surface area contributed by atoms with Gasteiger partial charge in [0.15, 0.2) is 12.3 Å². The lowest BCUT2D eigenvalue weighted by Gasteiger charge is -2.08. The molecule has 1 heterocycles. The number of fused-ring (bicyclic) bond motifs is 1. The van der Waals surface area contributed by atoms with E-state index in [0.29, 0.717) is 17.7 Å². The van der Waals surface area contributed by atoms with Crippen molar-refractivity contribution in [3.63, 3.8) is 0 Å². The first-order chi connectivity index (χ1) is 15.0. The lowest BCUT2D eigenvalue weighted by molar-refractivity contribution is -0.125. The van der Waals surface area contributed by atoms with Crippen LogP contribution >= 0.6 is 0 Å². The van der Waals surface area contributed by atoms with Gasteiger partial charge in [0.2, 0.25) is 0 Å². The maximum absolute atomic E-state index is 13.2. The van der Waals surface area contributed by atoms with Crippen molar-refractivity contribution in [3.8, 4) is 5.69 Å². The Morgan fingerprint density at radius 2 is 1.74 bits per heavy atom. The Balaban J connectivity index is 1.38. The number of aromatic nitrogens is 2. The summed E-state index contributed by atoms with van der Waals surface area (Å²) in [7, 11) is 0. The summed E-state index contributed by atoms with van der Waals surface area (Å²) in [6.45, 7) is -0.577. The van der Waals surface area contributed by atoms with Crippen LogP contribution in [0.1, 0.15) is 38.5 Å². The van der Waals surface area contributed by atoms with Crippen molar-refractivity contribution >= 4 is 17.8 Å². The highest BCUT2D eigenvalue weighted by Crippen LogP contribution is 2.28. The highest BCUT2D eigenvalue weighted by Gasteiger charge is 2.28. The Bertz CT molecular complexity index is 1130. The normalized spacial score (nSPS) is 12.2. The summed E-state index contributed by atoms with van der Waals surface area (Å²) in [5.41, 5.74) is 7.25. The van der Waals surface area contributed by atoms with Crippen LogP contribution in [0.15, 0.2) is 54.6 Å². The summed E-state index contributed by atoms with van der Waals surface area (Å²) >= 11 is 0. The molecule has 2 amide bonds. The van der Waals surface area contributed by atoms with E-state index in [0.717, 1.165) is 24.1 Å². The molecule has 1 aliphatic carbocycles. The molecule has 0 saturated carbocycles. The van der Waals surface area contributed by atoms with Crippen LogP contribution in [0.5, 0.6) is 0 Å². The third kappa shape index (κ3) is 4.45. The Hall–Kier alpha value is -4.01. The van der Waals surface area contributed by atoms with Crippen molar-refractivity contribution in [2.45, 2.75) is 19.3 Å². The molecule has 0 bridgehead atoms. The van der Waals surface area contributed by atoms with Gasteiger partial charge in [-0.25, -0.2) is 13.9 Å². The monoisotopic (exact) mass is 422 g/mol. The zero-order chi connectivity index (χ0) is 21.8. The fourth-order valence-corrected chi connectivity index (χ4v) is 3.42. The van der Waals surface area contributed by atoms with E-state index in [1.54, 1.807) is 47.1 Å². The molecule has 9 heteroatoms. The SMILES string of the molecule is O=C(COC(=O)c1nn(-c2ccc(F)cc2)c2c1CCC2)NNC(=O)c1ccccc1. The van der Waals surface area contributed by atoms with Crippen LogP contribution in [-0.4, -0.2) is 34.2 Å². The van der Waals surface area contributed by atoms with E-state index in [4.69, 9.17) is 4.74 Å². The van der Waals surface area contributed by atoms with Crippen molar-refractivity contribution in [1.82, 2.24) is 20.6 Å². The second-order valence-electron chi connectivity index (χ2n) is 6.96. The number of hydrogen-bond acceptors (Lipinski definition) is 5. The number of carbonyl (C=O) groups is 3. The highest BCUT2D eigenvalue weighted by atomic mass is 19.1. The molecule has 0 spiro atoms. The molecule has 0 radical (unpaired) electrons. The van der Waals surface area contributed by atoms with Gasteiger partial charge >= 0.3 is 5.97 Å². The zero-order valence-corrected chi connectivity index (χ0v) is 16.4. The van der Waals surface area contributed by atoms with Crippen LogP contribution in [0.4, 0.5) is 4.39 Å². The maximum Gasteiger partial charge on any atom is 0.359 e. The second kappa shape index (κ2) is 8.78. The van der Waals surface area contributed by atoms with Crippen LogP contribution in [0.3, 0.4) is 0 Å². The number of esters is 1. The summed E-state index contributed by atoms with van der Waals surface area (Å²) in [5, 5.41) is 4.34. The van der Waals surface area contributed by atoms with Gasteiger partial charge in [0.25, 0.3) is 11.8 Å². The summed E-state index contributed by atoms with van der Waals surface area (Å²) < 4.78 is 19.9. The molecule has 1 aliphatic rings. The summed E-state index contributed by atoms with van der Waals surface area (Å²) in [6.07, 6.45) is 2.26. The number of benzene rings is 2. The quantitative estimate of drug-likeness (QED) is 0.484. The molecule has 4 rings (SSSR count). The van der Waals surface area contributed by atoms with Gasteiger partial charge in [-0.05, 0) is 55.7 Å². The van der Waals surface area contributed by atoms with Crippen LogP contribution in [0, 0.1) is 5.82 Å². The van der Waals surface area contributed by atoms with Gasteiger partial charge in [-0.15, -0.1) is 0 Å². The van der Waals surface area contributed by atoms with Crippen molar-refractivity contribution in [2.24, 2.45) is 0 Å². The Labute approximate surface area is 177 Å². The minimum atomic E-state index is -0.733. The molecule has 0 aliphatic heterocycles. The number of rotatable bonds is 5. The average molecular weight is 422 g/mol. The predicted octanol–water partition coefficient (Wildman–Crippen LogP) is 2.12. The molecule has 0 atom stereocenters. The van der Waals surface area contributed by atoms with Gasteiger partial charge in [0.05, 0.1) is 5.69 Å². The summed E-state index contributed by atoms with van der Waals surface area (Å²) in [6, 6.07) is 14.2. The van der Waals surface area contributed by atoms with E-state index >= 15 is 0 Å². The van der Waals surface area contributed by atoms with Gasteiger partial charge in [0, 0.05) is 16.8 Å². The largest absolute Gasteiger partial charge is 0.451 e. The number of hydrogen-bond donors (Lipinski definition) is 2. The summed E-state index contributed by atoms with van der Waals surface area (Å²) in [5.74, 6) is -2.27. The molecule has 3 aromatic rings. The molecular weight excluding hydrogens is 403 g/mol. The van der Waals surface area contributed by atoms with E-state index in [2.05, 4.69) is 16.0 Å². The third-order valence-corrected chi connectivity index (χ3v) is 4.88. The van der Waals surface area contributed by atoms with E-state index in [-0.39, 0.29) is 11.5 Å². The van der Waals surface area contributed by atoms with E-state index in [9.17, 15) is 18.8 Å². The fraction of sp³-hybridized carbons (Fsp3) is 0.182. The lowest BCUT2D eigenvalue weighted by atomic mass is 10.2. The summed E-state index contributed by atoms with van der Waals surface area (Å²) in [4.78, 5) is 36.4. The molecular formula is C22H19FN4O4. The first kappa shape index (κ1) is 20.3. The van der Waals surface area contributed by atoms with E-state index < -0.39 is 24.4 Å². The fourth-order valence-electron chi connectivity index (χ4n) is 3.42. The Kier molecular flexibility index (Phi) is 5.74. The van der Waals surface area contributed by atoms with Gasteiger partial charge in [0.1, 0.15) is 5.82 Å². The van der Waals surface area contributed by atoms with Crippen molar-refractivity contribution in [2.75, 3.05) is 6.61 Å². The Morgan fingerprint density at radius 1 is 1.00 bits per heavy atom.